The Balaban J connectivity index is 4.58. The van der Waals surface area contributed by atoms with E-state index in [9.17, 15) is 9.59 Å². The fourth-order valence-corrected chi connectivity index (χ4v) is 1.57. The summed E-state index contributed by atoms with van der Waals surface area (Å²) >= 11 is 0. The Labute approximate surface area is 109 Å². The largest absolute Gasteiger partial charge is 0.481 e. The first-order chi connectivity index (χ1) is 8.00. The van der Waals surface area contributed by atoms with E-state index < -0.39 is 11.4 Å². The number of rotatable bonds is 6. The van der Waals surface area contributed by atoms with E-state index in [-0.39, 0.29) is 30.4 Å². The summed E-state index contributed by atoms with van der Waals surface area (Å²) in [5.74, 6) is -1.29. The summed E-state index contributed by atoms with van der Waals surface area (Å²) in [5.41, 5.74) is -1.25. The van der Waals surface area contributed by atoms with Crippen LogP contribution in [-0.2, 0) is 9.59 Å². The van der Waals surface area contributed by atoms with Crippen molar-refractivity contribution in [2.24, 2.45) is 10.8 Å². The fourth-order valence-electron chi connectivity index (χ4n) is 1.57. The van der Waals surface area contributed by atoms with Gasteiger partial charge in [-0.2, -0.15) is 0 Å². The van der Waals surface area contributed by atoms with Crippen LogP contribution in [0.15, 0.2) is 0 Å². The van der Waals surface area contributed by atoms with E-state index >= 15 is 0 Å². The monoisotopic (exact) mass is 259 g/mol. The Bertz CT molecular complexity index is 305. The number of carbonyl (C=O) groups excluding carboxylic acids is 1. The lowest BCUT2D eigenvalue weighted by Crippen LogP contribution is -2.46. The van der Waals surface area contributed by atoms with Crippen LogP contribution in [0.1, 0.15) is 47.5 Å². The number of carboxylic acid groups (broad SMARTS) is 1. The molecule has 5 nitrogen and oxygen atoms in total. The van der Waals surface area contributed by atoms with Gasteiger partial charge in [-0.1, -0.05) is 20.8 Å². The third-order valence-corrected chi connectivity index (χ3v) is 2.98. The second kappa shape index (κ2) is 6.18. The van der Waals surface area contributed by atoms with E-state index in [2.05, 4.69) is 5.32 Å². The van der Waals surface area contributed by atoms with Crippen LogP contribution < -0.4 is 5.32 Å². The summed E-state index contributed by atoms with van der Waals surface area (Å²) in [6, 6.07) is -0.167. The number of aliphatic hydroxyl groups excluding tert-OH is 1. The molecule has 0 aromatic heterocycles. The Hall–Kier alpha value is -1.10. The molecule has 0 rings (SSSR count). The van der Waals surface area contributed by atoms with Crippen molar-refractivity contribution in [2.45, 2.75) is 53.5 Å². The van der Waals surface area contributed by atoms with Crippen LogP contribution in [0.5, 0.6) is 0 Å². The summed E-state index contributed by atoms with van der Waals surface area (Å²) in [4.78, 5) is 22.8. The molecular formula is C13H25NO4. The number of carboxylic acids is 1. The normalized spacial score (nSPS) is 14.1. The molecular weight excluding hydrogens is 234 g/mol. The molecule has 0 radical (unpaired) electrons. The molecule has 1 unspecified atom stereocenters. The number of carbonyl (C=O) groups is 2. The SMILES string of the molecule is CC(C)(CC(=O)NC(CCO)C(C)(C)C)C(=O)O. The van der Waals surface area contributed by atoms with Gasteiger partial charge in [0, 0.05) is 19.1 Å². The number of hydrogen-bond donors (Lipinski definition) is 3. The average molecular weight is 259 g/mol. The Kier molecular flexibility index (Phi) is 5.80. The van der Waals surface area contributed by atoms with Crippen LogP contribution in [0.4, 0.5) is 0 Å². The number of aliphatic hydroxyl groups is 1. The van der Waals surface area contributed by atoms with Gasteiger partial charge in [-0.05, 0) is 25.7 Å². The van der Waals surface area contributed by atoms with Crippen LogP contribution in [0.25, 0.3) is 0 Å². The zero-order chi connectivity index (χ0) is 14.6. The topological polar surface area (TPSA) is 86.6 Å². The Morgan fingerprint density at radius 3 is 2.00 bits per heavy atom. The maximum atomic E-state index is 11.8. The van der Waals surface area contributed by atoms with Crippen molar-refractivity contribution >= 4 is 11.9 Å². The third-order valence-electron chi connectivity index (χ3n) is 2.98. The van der Waals surface area contributed by atoms with Crippen molar-refractivity contribution in [3.05, 3.63) is 0 Å². The van der Waals surface area contributed by atoms with E-state index in [1.807, 2.05) is 20.8 Å². The molecule has 3 N–H and O–H groups in total. The molecule has 0 spiro atoms. The van der Waals surface area contributed by atoms with Gasteiger partial charge in [-0.15, -0.1) is 0 Å². The molecule has 0 aliphatic rings. The van der Waals surface area contributed by atoms with Crippen molar-refractivity contribution < 1.29 is 19.8 Å². The maximum absolute atomic E-state index is 11.8. The van der Waals surface area contributed by atoms with Gasteiger partial charge in [0.1, 0.15) is 0 Å². The van der Waals surface area contributed by atoms with E-state index in [0.717, 1.165) is 0 Å². The van der Waals surface area contributed by atoms with Crippen LogP contribution in [0.3, 0.4) is 0 Å². The molecule has 0 bridgehead atoms. The zero-order valence-corrected chi connectivity index (χ0v) is 11.9. The first-order valence-electron chi connectivity index (χ1n) is 6.14. The van der Waals surface area contributed by atoms with Gasteiger partial charge >= 0.3 is 5.97 Å². The second-order valence-corrected chi connectivity index (χ2v) is 6.36. The highest BCUT2D eigenvalue weighted by Gasteiger charge is 2.32. The van der Waals surface area contributed by atoms with Crippen LogP contribution in [0, 0.1) is 10.8 Å². The van der Waals surface area contributed by atoms with Crippen LogP contribution >= 0.6 is 0 Å². The number of hydrogen-bond acceptors (Lipinski definition) is 3. The molecule has 18 heavy (non-hydrogen) atoms. The summed E-state index contributed by atoms with van der Waals surface area (Å²) < 4.78 is 0. The minimum absolute atomic E-state index is 0.00938. The molecule has 0 aliphatic heterocycles. The number of nitrogens with one attached hydrogen (secondary N) is 1. The molecule has 106 valence electrons. The molecule has 0 aliphatic carbocycles. The highest BCUT2D eigenvalue weighted by atomic mass is 16.4. The van der Waals surface area contributed by atoms with E-state index in [0.29, 0.717) is 6.42 Å². The quantitative estimate of drug-likeness (QED) is 0.673. The maximum Gasteiger partial charge on any atom is 0.309 e. The molecule has 0 saturated carbocycles. The number of aliphatic carboxylic acids is 1. The molecule has 0 saturated heterocycles. The minimum Gasteiger partial charge on any atom is -0.481 e. The van der Waals surface area contributed by atoms with Crippen LogP contribution in [0.2, 0.25) is 0 Å². The lowest BCUT2D eigenvalue weighted by Gasteiger charge is -2.32. The highest BCUT2D eigenvalue weighted by molar-refractivity contribution is 5.84. The second-order valence-electron chi connectivity index (χ2n) is 6.36. The summed E-state index contributed by atoms with van der Waals surface area (Å²) in [5, 5.41) is 20.8. The molecule has 1 amide bonds. The van der Waals surface area contributed by atoms with Gasteiger partial charge in [0.25, 0.3) is 0 Å². The number of amides is 1. The first-order valence-corrected chi connectivity index (χ1v) is 6.14. The lowest BCUT2D eigenvalue weighted by molar-refractivity contribution is -0.149. The molecule has 0 fully saturated rings. The lowest BCUT2D eigenvalue weighted by atomic mass is 9.84. The molecule has 5 heteroatoms. The third kappa shape index (κ3) is 5.49. The van der Waals surface area contributed by atoms with Gasteiger partial charge < -0.3 is 15.5 Å². The van der Waals surface area contributed by atoms with Crippen molar-refractivity contribution in [1.82, 2.24) is 5.32 Å². The van der Waals surface area contributed by atoms with Gasteiger partial charge in [0.15, 0.2) is 0 Å². The van der Waals surface area contributed by atoms with Crippen molar-refractivity contribution in [3.8, 4) is 0 Å². The first kappa shape index (κ1) is 16.9. The predicted octanol–water partition coefficient (Wildman–Crippen LogP) is 1.40. The Morgan fingerprint density at radius 1 is 1.17 bits per heavy atom. The average Bonchev–Trinajstić information content (AvgIpc) is 2.14. The highest BCUT2D eigenvalue weighted by Crippen LogP contribution is 2.24. The van der Waals surface area contributed by atoms with Crippen molar-refractivity contribution in [1.29, 1.82) is 0 Å². The van der Waals surface area contributed by atoms with Gasteiger partial charge in [0.05, 0.1) is 5.41 Å². The van der Waals surface area contributed by atoms with Crippen LogP contribution in [-0.4, -0.2) is 34.7 Å². The van der Waals surface area contributed by atoms with Gasteiger partial charge in [-0.3, -0.25) is 9.59 Å². The van der Waals surface area contributed by atoms with Gasteiger partial charge in [0.2, 0.25) is 5.91 Å². The zero-order valence-electron chi connectivity index (χ0n) is 11.9. The molecule has 0 aromatic rings. The summed E-state index contributed by atoms with van der Waals surface area (Å²) in [7, 11) is 0. The fraction of sp³-hybridized carbons (Fsp3) is 0.846. The Morgan fingerprint density at radius 2 is 1.67 bits per heavy atom. The standard InChI is InChI=1S/C13H25NO4/c1-12(2,3)9(6-7-15)14-10(16)8-13(4,5)11(17)18/h9,15H,6-8H2,1-5H3,(H,14,16)(H,17,18). The molecule has 1 atom stereocenters. The van der Waals surface area contributed by atoms with E-state index in [1.165, 1.54) is 13.8 Å². The molecule has 0 aromatic carbocycles. The summed E-state index contributed by atoms with van der Waals surface area (Å²) in [6.45, 7) is 8.94. The minimum atomic E-state index is -1.08. The summed E-state index contributed by atoms with van der Waals surface area (Å²) in [6.07, 6.45) is 0.392. The van der Waals surface area contributed by atoms with Crippen molar-refractivity contribution in [3.63, 3.8) is 0 Å². The van der Waals surface area contributed by atoms with Gasteiger partial charge in [-0.25, -0.2) is 0 Å². The van der Waals surface area contributed by atoms with E-state index in [1.54, 1.807) is 0 Å². The van der Waals surface area contributed by atoms with E-state index in [4.69, 9.17) is 10.2 Å². The van der Waals surface area contributed by atoms with Crippen molar-refractivity contribution in [2.75, 3.05) is 6.61 Å². The molecule has 0 heterocycles. The predicted molar refractivity (Wildman–Crippen MR) is 69.1 cm³/mol. The smallest absolute Gasteiger partial charge is 0.309 e.